The van der Waals surface area contributed by atoms with Crippen molar-refractivity contribution in [3.05, 3.63) is 84.9 Å². The summed E-state index contributed by atoms with van der Waals surface area (Å²) in [5.41, 5.74) is 3.86. The minimum absolute atomic E-state index is 0.224. The summed E-state index contributed by atoms with van der Waals surface area (Å²) in [6.45, 7) is 3.77. The van der Waals surface area contributed by atoms with Crippen molar-refractivity contribution >= 4 is 23.1 Å². The lowest BCUT2D eigenvalue weighted by molar-refractivity contribution is 0.475. The topological polar surface area (TPSA) is 43.7 Å². The third-order valence-corrected chi connectivity index (χ3v) is 3.60. The molecule has 2 N–H and O–H groups in total. The maximum Gasteiger partial charge on any atom is 0.115 e. The van der Waals surface area contributed by atoms with E-state index in [1.54, 1.807) is 30.3 Å². The summed E-state index contributed by atoms with van der Waals surface area (Å²) in [7, 11) is 0. The molecular formula is C20H17NO2. The summed E-state index contributed by atoms with van der Waals surface area (Å²) in [4.78, 5) is 2.05. The van der Waals surface area contributed by atoms with Crippen LogP contribution in [0, 0.1) is 0 Å². The van der Waals surface area contributed by atoms with Crippen LogP contribution in [0.3, 0.4) is 0 Å². The molecule has 0 aliphatic heterocycles. The average Bonchev–Trinajstić information content (AvgIpc) is 2.59. The van der Waals surface area contributed by atoms with Crippen LogP contribution < -0.4 is 4.90 Å². The van der Waals surface area contributed by atoms with E-state index in [1.165, 1.54) is 0 Å². The van der Waals surface area contributed by atoms with Crippen LogP contribution in [-0.4, -0.2) is 10.2 Å². The molecule has 0 saturated carbocycles. The second kappa shape index (κ2) is 6.28. The van der Waals surface area contributed by atoms with Crippen LogP contribution in [0.1, 0.15) is 5.56 Å². The Balaban J connectivity index is 2.10. The molecule has 3 rings (SSSR count). The van der Waals surface area contributed by atoms with Crippen LogP contribution in [0.5, 0.6) is 11.5 Å². The molecule has 0 spiro atoms. The van der Waals surface area contributed by atoms with Crippen molar-refractivity contribution in [1.82, 2.24) is 0 Å². The molecule has 0 saturated heterocycles. The van der Waals surface area contributed by atoms with Gasteiger partial charge in [-0.25, -0.2) is 0 Å². The molecule has 3 aromatic rings. The number of hydrogen-bond donors (Lipinski definition) is 2. The van der Waals surface area contributed by atoms with Gasteiger partial charge in [0.05, 0.1) is 0 Å². The Bertz CT molecular complexity index is 745. The van der Waals surface area contributed by atoms with Crippen LogP contribution >= 0.6 is 0 Å². The zero-order chi connectivity index (χ0) is 16.2. The van der Waals surface area contributed by atoms with E-state index in [9.17, 15) is 10.2 Å². The SMILES string of the molecule is C=Cc1ccc(N(c2ccc(O)cc2)c2ccc(O)cc2)cc1. The highest BCUT2D eigenvalue weighted by Gasteiger charge is 2.12. The first-order valence-electron chi connectivity index (χ1n) is 7.28. The second-order valence-electron chi connectivity index (χ2n) is 5.16. The minimum Gasteiger partial charge on any atom is -0.508 e. The van der Waals surface area contributed by atoms with Crippen LogP contribution in [-0.2, 0) is 0 Å². The number of phenols is 2. The van der Waals surface area contributed by atoms with E-state index >= 15 is 0 Å². The normalized spacial score (nSPS) is 10.3. The third kappa shape index (κ3) is 3.19. The summed E-state index contributed by atoms with van der Waals surface area (Å²) in [6.07, 6.45) is 1.80. The fourth-order valence-corrected chi connectivity index (χ4v) is 2.41. The minimum atomic E-state index is 0.224. The fourth-order valence-electron chi connectivity index (χ4n) is 2.41. The van der Waals surface area contributed by atoms with Gasteiger partial charge in [-0.1, -0.05) is 24.8 Å². The lowest BCUT2D eigenvalue weighted by atomic mass is 10.1. The average molecular weight is 303 g/mol. The summed E-state index contributed by atoms with van der Waals surface area (Å²) in [6, 6.07) is 22.0. The van der Waals surface area contributed by atoms with E-state index < -0.39 is 0 Å². The van der Waals surface area contributed by atoms with Gasteiger partial charge >= 0.3 is 0 Å². The van der Waals surface area contributed by atoms with Gasteiger partial charge in [-0.15, -0.1) is 0 Å². The van der Waals surface area contributed by atoms with Gasteiger partial charge in [0.2, 0.25) is 0 Å². The molecule has 0 aromatic heterocycles. The Morgan fingerprint density at radius 2 is 0.957 bits per heavy atom. The van der Waals surface area contributed by atoms with E-state index in [1.807, 2.05) is 53.4 Å². The summed E-state index contributed by atoms with van der Waals surface area (Å²) in [5.74, 6) is 0.447. The molecule has 23 heavy (non-hydrogen) atoms. The molecule has 3 aromatic carbocycles. The van der Waals surface area contributed by atoms with Gasteiger partial charge in [0, 0.05) is 17.1 Å². The molecule has 0 bridgehead atoms. The Morgan fingerprint density at radius 3 is 1.30 bits per heavy atom. The number of rotatable bonds is 4. The molecule has 3 heteroatoms. The lowest BCUT2D eigenvalue weighted by Crippen LogP contribution is -2.09. The number of aromatic hydroxyl groups is 2. The first kappa shape index (κ1) is 14.7. The predicted octanol–water partition coefficient (Wildman–Crippen LogP) is 5.21. The van der Waals surface area contributed by atoms with Crippen molar-refractivity contribution in [3.63, 3.8) is 0 Å². The van der Waals surface area contributed by atoms with Crippen molar-refractivity contribution in [2.24, 2.45) is 0 Å². The fraction of sp³-hybridized carbons (Fsp3) is 0. The van der Waals surface area contributed by atoms with Gasteiger partial charge in [0.15, 0.2) is 0 Å². The number of phenolic OH excluding ortho intramolecular Hbond substituents is 2. The van der Waals surface area contributed by atoms with Gasteiger partial charge in [-0.05, 0) is 66.2 Å². The molecule has 0 atom stereocenters. The smallest absolute Gasteiger partial charge is 0.115 e. The maximum atomic E-state index is 9.52. The molecule has 0 fully saturated rings. The van der Waals surface area contributed by atoms with Crippen LogP contribution in [0.4, 0.5) is 17.1 Å². The zero-order valence-corrected chi connectivity index (χ0v) is 12.6. The van der Waals surface area contributed by atoms with E-state index in [0.717, 1.165) is 22.6 Å². The van der Waals surface area contributed by atoms with E-state index in [-0.39, 0.29) is 11.5 Å². The summed E-state index contributed by atoms with van der Waals surface area (Å²) in [5, 5.41) is 19.0. The van der Waals surface area contributed by atoms with Crippen LogP contribution in [0.15, 0.2) is 79.4 Å². The zero-order valence-electron chi connectivity index (χ0n) is 12.6. The Labute approximate surface area is 135 Å². The highest BCUT2D eigenvalue weighted by Crippen LogP contribution is 2.35. The first-order valence-corrected chi connectivity index (χ1v) is 7.28. The van der Waals surface area contributed by atoms with Crippen molar-refractivity contribution in [1.29, 1.82) is 0 Å². The Hall–Kier alpha value is -3.20. The van der Waals surface area contributed by atoms with Gasteiger partial charge in [-0.3, -0.25) is 0 Å². The Kier molecular flexibility index (Phi) is 4.02. The van der Waals surface area contributed by atoms with Crippen molar-refractivity contribution in [2.75, 3.05) is 4.90 Å². The van der Waals surface area contributed by atoms with E-state index in [0.29, 0.717) is 0 Å². The molecule has 0 heterocycles. The van der Waals surface area contributed by atoms with Crippen LogP contribution in [0.2, 0.25) is 0 Å². The lowest BCUT2D eigenvalue weighted by Gasteiger charge is -2.25. The molecule has 114 valence electrons. The molecule has 3 nitrogen and oxygen atoms in total. The monoisotopic (exact) mass is 303 g/mol. The standard InChI is InChI=1S/C20H17NO2/c1-2-15-3-5-16(6-4-15)21(17-7-11-19(22)12-8-17)18-9-13-20(23)14-10-18/h2-14,22-23H,1H2. The third-order valence-electron chi connectivity index (χ3n) is 3.60. The van der Waals surface area contributed by atoms with Crippen LogP contribution in [0.25, 0.3) is 6.08 Å². The van der Waals surface area contributed by atoms with Crippen molar-refractivity contribution in [2.45, 2.75) is 0 Å². The largest absolute Gasteiger partial charge is 0.508 e. The number of hydrogen-bond acceptors (Lipinski definition) is 3. The molecule has 0 radical (unpaired) electrons. The highest BCUT2D eigenvalue weighted by atomic mass is 16.3. The van der Waals surface area contributed by atoms with Gasteiger partial charge in [0.25, 0.3) is 0 Å². The highest BCUT2D eigenvalue weighted by molar-refractivity contribution is 5.77. The first-order chi connectivity index (χ1) is 11.2. The molecule has 0 aliphatic carbocycles. The number of anilines is 3. The number of benzene rings is 3. The molecule has 0 unspecified atom stereocenters. The van der Waals surface area contributed by atoms with E-state index in [2.05, 4.69) is 6.58 Å². The molecule has 0 amide bonds. The van der Waals surface area contributed by atoms with E-state index in [4.69, 9.17) is 0 Å². The summed E-state index contributed by atoms with van der Waals surface area (Å²) >= 11 is 0. The number of nitrogens with zero attached hydrogens (tertiary/aromatic N) is 1. The predicted molar refractivity (Wildman–Crippen MR) is 94.5 cm³/mol. The second-order valence-corrected chi connectivity index (χ2v) is 5.16. The van der Waals surface area contributed by atoms with Gasteiger partial charge in [-0.2, -0.15) is 0 Å². The van der Waals surface area contributed by atoms with Crippen molar-refractivity contribution in [3.8, 4) is 11.5 Å². The molecular weight excluding hydrogens is 286 g/mol. The molecule has 0 aliphatic rings. The van der Waals surface area contributed by atoms with Crippen molar-refractivity contribution < 1.29 is 10.2 Å². The van der Waals surface area contributed by atoms with Gasteiger partial charge in [0.1, 0.15) is 11.5 Å². The maximum absolute atomic E-state index is 9.52. The summed E-state index contributed by atoms with van der Waals surface area (Å²) < 4.78 is 0. The Morgan fingerprint density at radius 1 is 0.609 bits per heavy atom. The quantitative estimate of drug-likeness (QED) is 0.695. The van der Waals surface area contributed by atoms with Gasteiger partial charge < -0.3 is 15.1 Å².